The fourth-order valence-corrected chi connectivity index (χ4v) is 5.56. The molecule has 0 aliphatic heterocycles. The van der Waals surface area contributed by atoms with Crippen LogP contribution < -0.4 is 33.4 Å². The molecule has 0 radical (unpaired) electrons. The maximum atomic E-state index is 12.5. The molecule has 2 aromatic carbocycles. The summed E-state index contributed by atoms with van der Waals surface area (Å²) in [6, 6.07) is 13.8. The number of aromatic nitrogens is 2. The summed E-state index contributed by atoms with van der Waals surface area (Å²) in [4.78, 5) is 37.2. The lowest BCUT2D eigenvalue weighted by Gasteiger charge is -2.21. The first-order valence-corrected chi connectivity index (χ1v) is 16.9. The number of nitrogens with two attached hydrogens (primary N) is 5. The smallest absolute Gasteiger partial charge is 0.323 e. The number of nitrogens with zero attached hydrogens (tertiary/aromatic N) is 4. The van der Waals surface area contributed by atoms with E-state index in [4.69, 9.17) is 65.5 Å². The summed E-state index contributed by atoms with van der Waals surface area (Å²) in [6.45, 7) is 7.58. The van der Waals surface area contributed by atoms with Gasteiger partial charge in [-0.05, 0) is 67.9 Å². The number of oxazole rings is 1. The van der Waals surface area contributed by atoms with Crippen molar-refractivity contribution in [1.29, 1.82) is 5.26 Å². The van der Waals surface area contributed by atoms with Crippen molar-refractivity contribution in [2.45, 2.75) is 41.8 Å². The monoisotopic (exact) mass is 733 g/mol. The number of thioether (sulfide) groups is 1. The van der Waals surface area contributed by atoms with Gasteiger partial charge >= 0.3 is 11.9 Å². The molecule has 0 aliphatic rings. The van der Waals surface area contributed by atoms with Crippen LogP contribution in [0.5, 0.6) is 5.75 Å². The first-order chi connectivity index (χ1) is 24.6. The van der Waals surface area contributed by atoms with Crippen LogP contribution in [-0.4, -0.2) is 66.4 Å². The summed E-state index contributed by atoms with van der Waals surface area (Å²) in [5.74, 6) is -0.426. The van der Waals surface area contributed by atoms with Crippen molar-refractivity contribution in [3.63, 3.8) is 0 Å². The Hall–Kier alpha value is -5.20. The Bertz CT molecular complexity index is 1890. The van der Waals surface area contributed by atoms with Gasteiger partial charge in [-0.3, -0.25) is 9.59 Å². The summed E-state index contributed by atoms with van der Waals surface area (Å²) in [7, 11) is 0. The van der Waals surface area contributed by atoms with Gasteiger partial charge in [0.05, 0.1) is 17.8 Å². The van der Waals surface area contributed by atoms with E-state index in [9.17, 15) is 14.9 Å². The number of carbonyl (C=O) groups excluding carboxylic acids is 2. The number of pyridine rings is 1. The van der Waals surface area contributed by atoms with Crippen LogP contribution in [0.2, 0.25) is 5.02 Å². The highest BCUT2D eigenvalue weighted by atomic mass is 35.5. The molecule has 2 aromatic heterocycles. The van der Waals surface area contributed by atoms with Gasteiger partial charge < -0.3 is 47.3 Å². The second-order valence-electron chi connectivity index (χ2n) is 11.0. The highest BCUT2D eigenvalue weighted by molar-refractivity contribution is 7.98. The Morgan fingerprint density at radius 3 is 2.25 bits per heavy atom. The van der Waals surface area contributed by atoms with Gasteiger partial charge in [-0.1, -0.05) is 35.5 Å². The number of hydrogen-bond acceptors (Lipinski definition) is 15. The predicted octanol–water partition coefficient (Wildman–Crippen LogP) is 3.54. The van der Waals surface area contributed by atoms with Crippen LogP contribution in [0.25, 0.3) is 27.4 Å². The molecular weight excluding hydrogens is 698 g/mol. The number of rotatable bonds is 17. The quantitative estimate of drug-likeness (QED) is 0.0590. The standard InChI is InChI=1S/C34H36ClN9O6S/c1-42-29-28(25(14-38)32(44-30(29)41)51-18-22-15-48-31(43-22)20-2-6-21(35)7-3-20)19-4-8-23(9-5-19)47-16-24(50-34(46)27(40)11-13-37)17-49-33(45)26(39)10-12-36/h2-9,15,24,26-27H,10-13,16-18,36-37,39-40H2,(H2,41,44)/t24-,26-,27-/m0/s1. The number of benzene rings is 2. The molecule has 15 nitrogen and oxygen atoms in total. The number of nitriles is 1. The first kappa shape index (κ1) is 38.6. The topological polar surface area (TPSA) is 259 Å². The molecule has 10 N–H and O–H groups in total. The van der Waals surface area contributed by atoms with Crippen LogP contribution in [0.4, 0.5) is 11.5 Å². The van der Waals surface area contributed by atoms with Crippen molar-refractivity contribution in [1.82, 2.24) is 9.97 Å². The molecule has 0 saturated heterocycles. The number of halogens is 1. The van der Waals surface area contributed by atoms with E-state index in [1.54, 1.807) is 48.5 Å². The number of hydrogen-bond donors (Lipinski definition) is 5. The number of anilines is 1. The molecule has 0 aliphatic carbocycles. The van der Waals surface area contributed by atoms with E-state index in [-0.39, 0.29) is 56.2 Å². The molecule has 0 spiro atoms. The summed E-state index contributed by atoms with van der Waals surface area (Å²) in [5, 5.41) is 11.1. The number of esters is 2. The lowest BCUT2D eigenvalue weighted by atomic mass is 10.00. The number of carbonyl (C=O) groups is 2. The average Bonchev–Trinajstić information content (AvgIpc) is 3.61. The largest absolute Gasteiger partial charge is 0.490 e. The zero-order chi connectivity index (χ0) is 36.9. The second kappa shape index (κ2) is 18.7. The average molecular weight is 734 g/mol. The van der Waals surface area contributed by atoms with Crippen molar-refractivity contribution in [2.75, 3.05) is 32.0 Å². The van der Waals surface area contributed by atoms with Crippen LogP contribution in [0.3, 0.4) is 0 Å². The molecule has 0 bridgehead atoms. The fraction of sp³-hybridized carbons (Fsp3) is 0.294. The van der Waals surface area contributed by atoms with Gasteiger partial charge in [0.25, 0.3) is 0 Å². The van der Waals surface area contributed by atoms with E-state index in [0.29, 0.717) is 44.3 Å². The highest BCUT2D eigenvalue weighted by Crippen LogP contribution is 2.42. The predicted molar refractivity (Wildman–Crippen MR) is 191 cm³/mol. The minimum atomic E-state index is -1.03. The van der Waals surface area contributed by atoms with Crippen molar-refractivity contribution < 1.29 is 28.2 Å². The lowest BCUT2D eigenvalue weighted by molar-refractivity contribution is -0.162. The summed E-state index contributed by atoms with van der Waals surface area (Å²) in [6.07, 6.45) is 0.894. The Morgan fingerprint density at radius 2 is 1.63 bits per heavy atom. The molecule has 51 heavy (non-hydrogen) atoms. The first-order valence-electron chi connectivity index (χ1n) is 15.5. The second-order valence-corrected chi connectivity index (χ2v) is 12.4. The lowest BCUT2D eigenvalue weighted by Crippen LogP contribution is -2.41. The van der Waals surface area contributed by atoms with Crippen LogP contribution in [0.1, 0.15) is 24.1 Å². The third-order valence-electron chi connectivity index (χ3n) is 7.22. The molecule has 266 valence electrons. The summed E-state index contributed by atoms with van der Waals surface area (Å²) in [5.41, 5.74) is 31.1. The third-order valence-corrected chi connectivity index (χ3v) is 8.48. The van der Waals surface area contributed by atoms with Gasteiger partial charge in [-0.2, -0.15) is 5.26 Å². The van der Waals surface area contributed by atoms with Crippen molar-refractivity contribution in [3.05, 3.63) is 82.5 Å². The van der Waals surface area contributed by atoms with Gasteiger partial charge in [0.15, 0.2) is 6.10 Å². The van der Waals surface area contributed by atoms with Crippen LogP contribution in [0.15, 0.2) is 64.2 Å². The molecule has 4 aromatic rings. The zero-order valence-electron chi connectivity index (χ0n) is 27.3. The fourth-order valence-electron chi connectivity index (χ4n) is 4.57. The van der Waals surface area contributed by atoms with Gasteiger partial charge in [-0.15, -0.1) is 0 Å². The summed E-state index contributed by atoms with van der Waals surface area (Å²) < 4.78 is 22.2. The van der Waals surface area contributed by atoms with E-state index >= 15 is 0 Å². The molecule has 17 heteroatoms. The van der Waals surface area contributed by atoms with E-state index in [1.807, 2.05) is 0 Å². The third kappa shape index (κ3) is 10.4. The van der Waals surface area contributed by atoms with E-state index in [2.05, 4.69) is 20.9 Å². The van der Waals surface area contributed by atoms with Crippen LogP contribution >= 0.6 is 23.4 Å². The summed E-state index contributed by atoms with van der Waals surface area (Å²) >= 11 is 7.20. The maximum Gasteiger partial charge on any atom is 0.323 e. The molecule has 2 heterocycles. The van der Waals surface area contributed by atoms with E-state index in [1.165, 1.54) is 18.0 Å². The Morgan fingerprint density at radius 1 is 0.980 bits per heavy atom. The Labute approximate surface area is 303 Å². The van der Waals surface area contributed by atoms with Crippen LogP contribution in [0, 0.1) is 17.9 Å². The Kier molecular flexibility index (Phi) is 14.2. The van der Waals surface area contributed by atoms with Crippen molar-refractivity contribution in [3.8, 4) is 34.4 Å². The zero-order valence-corrected chi connectivity index (χ0v) is 28.9. The van der Waals surface area contributed by atoms with Crippen LogP contribution in [-0.2, 0) is 24.8 Å². The molecule has 0 saturated carbocycles. The molecule has 0 amide bonds. The molecule has 0 unspecified atom stereocenters. The molecule has 3 atom stereocenters. The molecular formula is C34H36ClN9O6S. The van der Waals surface area contributed by atoms with Crippen molar-refractivity contribution in [2.24, 2.45) is 22.9 Å². The van der Waals surface area contributed by atoms with Gasteiger partial charge in [-0.25, -0.2) is 14.8 Å². The van der Waals surface area contributed by atoms with E-state index < -0.39 is 30.1 Å². The minimum Gasteiger partial charge on any atom is -0.490 e. The SMILES string of the molecule is [C-]#[N+]c1c(N)nc(SCc2coc(-c3ccc(Cl)cc3)n2)c(C#N)c1-c1ccc(OC[C@@H](COC(=O)[C@@H](N)CCN)OC(=O)[C@@H](N)CCN)cc1. The van der Waals surface area contributed by atoms with Gasteiger partial charge in [0.1, 0.15) is 54.2 Å². The van der Waals surface area contributed by atoms with Crippen molar-refractivity contribution >= 4 is 46.8 Å². The Balaban J connectivity index is 1.50. The minimum absolute atomic E-state index is 0.0199. The molecule has 0 fully saturated rings. The van der Waals surface area contributed by atoms with Gasteiger partial charge in [0, 0.05) is 21.9 Å². The number of ether oxygens (including phenoxy) is 3. The normalized spacial score (nSPS) is 12.6. The molecule has 4 rings (SSSR count). The van der Waals surface area contributed by atoms with Gasteiger partial charge in [0.2, 0.25) is 11.6 Å². The van der Waals surface area contributed by atoms with E-state index in [0.717, 1.165) is 5.56 Å². The highest BCUT2D eigenvalue weighted by Gasteiger charge is 2.25. The maximum absolute atomic E-state index is 12.5. The number of nitrogen functional groups attached to an aromatic ring is 1.